The van der Waals surface area contributed by atoms with E-state index in [1.165, 1.54) is 0 Å². The number of methoxy groups -OCH3 is 1. The number of aryl methyl sites for hydroxylation is 1. The number of fused-ring (bicyclic) bond motifs is 1. The zero-order valence-corrected chi connectivity index (χ0v) is 15.9. The number of anilines is 1. The number of morpholine rings is 1. The number of para-hydroxylation sites is 1. The van der Waals surface area contributed by atoms with Gasteiger partial charge in [-0.05, 0) is 48.9 Å². The molecule has 1 aliphatic heterocycles. The molecule has 1 saturated heterocycles. The Labute approximate surface area is 163 Å². The van der Waals surface area contributed by atoms with Crippen LogP contribution >= 0.6 is 0 Å². The highest BCUT2D eigenvalue weighted by Gasteiger charge is 2.28. The lowest BCUT2D eigenvalue weighted by Crippen LogP contribution is -2.48. The first-order valence-electron chi connectivity index (χ1n) is 9.19. The molecule has 6 nitrogen and oxygen atoms in total. The van der Waals surface area contributed by atoms with Crippen molar-refractivity contribution in [3.63, 3.8) is 0 Å². The Morgan fingerprint density at radius 2 is 2.00 bits per heavy atom. The van der Waals surface area contributed by atoms with Crippen LogP contribution in [0, 0.1) is 6.92 Å². The van der Waals surface area contributed by atoms with E-state index < -0.39 is 0 Å². The number of ether oxygens (including phenoxy) is 3. The highest BCUT2D eigenvalue weighted by atomic mass is 16.5. The molecule has 0 aliphatic carbocycles. The van der Waals surface area contributed by atoms with E-state index in [1.807, 2.05) is 48.5 Å². The molecule has 1 atom stereocenters. The number of pyridine rings is 1. The van der Waals surface area contributed by atoms with Gasteiger partial charge in [-0.3, -0.25) is 9.78 Å². The van der Waals surface area contributed by atoms with Gasteiger partial charge in [-0.2, -0.15) is 0 Å². The molecule has 28 heavy (non-hydrogen) atoms. The van der Waals surface area contributed by atoms with Crippen LogP contribution < -0.4 is 14.4 Å². The van der Waals surface area contributed by atoms with Crippen molar-refractivity contribution in [2.24, 2.45) is 0 Å². The van der Waals surface area contributed by atoms with E-state index in [2.05, 4.69) is 11.9 Å². The Hall–Kier alpha value is -3.12. The van der Waals surface area contributed by atoms with E-state index in [1.54, 1.807) is 18.2 Å². The van der Waals surface area contributed by atoms with Gasteiger partial charge in [-0.1, -0.05) is 12.1 Å². The highest BCUT2D eigenvalue weighted by molar-refractivity contribution is 5.95. The quantitative estimate of drug-likeness (QED) is 0.681. The maximum atomic E-state index is 12.3. The molecule has 144 valence electrons. The van der Waals surface area contributed by atoms with E-state index in [0.717, 1.165) is 33.7 Å². The van der Waals surface area contributed by atoms with E-state index in [0.29, 0.717) is 13.2 Å². The standard InChI is InChI=1S/C22H22N2O4/c1-15-10-11-23-22-19(15)4-3-5-20(22)28-13-18-12-24(21(25)14-27-18)16-6-8-17(26-2)9-7-16/h3-11,18H,12-14H2,1-2H3. The van der Waals surface area contributed by atoms with E-state index in [4.69, 9.17) is 14.2 Å². The monoisotopic (exact) mass is 378 g/mol. The smallest absolute Gasteiger partial charge is 0.253 e. The predicted octanol–water partition coefficient (Wildman–Crippen LogP) is 3.36. The van der Waals surface area contributed by atoms with Crippen molar-refractivity contribution < 1.29 is 19.0 Å². The molecule has 3 aromatic rings. The van der Waals surface area contributed by atoms with Crippen LogP contribution in [0.25, 0.3) is 10.9 Å². The average Bonchev–Trinajstić information content (AvgIpc) is 2.74. The SMILES string of the molecule is COc1ccc(N2CC(COc3cccc4c(C)ccnc34)OCC2=O)cc1. The van der Waals surface area contributed by atoms with Crippen molar-refractivity contribution in [2.45, 2.75) is 13.0 Å². The summed E-state index contributed by atoms with van der Waals surface area (Å²) < 4.78 is 16.9. The third-order valence-electron chi connectivity index (χ3n) is 4.89. The lowest BCUT2D eigenvalue weighted by Gasteiger charge is -2.32. The molecular formula is C22H22N2O4. The summed E-state index contributed by atoms with van der Waals surface area (Å²) in [4.78, 5) is 18.5. The summed E-state index contributed by atoms with van der Waals surface area (Å²) in [5.74, 6) is 1.41. The molecule has 0 radical (unpaired) electrons. The molecular weight excluding hydrogens is 356 g/mol. The summed E-state index contributed by atoms with van der Waals surface area (Å²) >= 11 is 0. The molecule has 2 heterocycles. The second-order valence-corrected chi connectivity index (χ2v) is 6.73. The number of aromatic nitrogens is 1. The Bertz CT molecular complexity index is 987. The van der Waals surface area contributed by atoms with Gasteiger partial charge in [0.15, 0.2) is 0 Å². The van der Waals surface area contributed by atoms with Crippen LogP contribution in [0.1, 0.15) is 5.56 Å². The summed E-state index contributed by atoms with van der Waals surface area (Å²) in [6.07, 6.45) is 1.56. The minimum absolute atomic E-state index is 0.0347. The van der Waals surface area contributed by atoms with Crippen molar-refractivity contribution in [2.75, 3.05) is 31.8 Å². The minimum atomic E-state index is -0.222. The summed E-state index contributed by atoms with van der Waals surface area (Å²) in [5.41, 5.74) is 2.81. The van der Waals surface area contributed by atoms with Crippen LogP contribution in [0.15, 0.2) is 54.7 Å². The van der Waals surface area contributed by atoms with Gasteiger partial charge in [0.2, 0.25) is 0 Å². The molecule has 2 aromatic carbocycles. The normalized spacial score (nSPS) is 17.0. The van der Waals surface area contributed by atoms with Gasteiger partial charge >= 0.3 is 0 Å². The number of hydrogen-bond acceptors (Lipinski definition) is 5. The molecule has 0 saturated carbocycles. The predicted molar refractivity (Wildman–Crippen MR) is 107 cm³/mol. The van der Waals surface area contributed by atoms with Crippen molar-refractivity contribution >= 4 is 22.5 Å². The first kappa shape index (κ1) is 18.3. The van der Waals surface area contributed by atoms with Crippen LogP contribution in [0.5, 0.6) is 11.5 Å². The largest absolute Gasteiger partial charge is 0.497 e. The summed E-state index contributed by atoms with van der Waals surface area (Å²) in [6.45, 7) is 2.86. The van der Waals surface area contributed by atoms with Crippen molar-refractivity contribution in [1.29, 1.82) is 0 Å². The zero-order valence-electron chi connectivity index (χ0n) is 15.9. The van der Waals surface area contributed by atoms with Gasteiger partial charge in [0, 0.05) is 17.3 Å². The molecule has 0 N–H and O–H groups in total. The van der Waals surface area contributed by atoms with Crippen LogP contribution in [-0.2, 0) is 9.53 Å². The van der Waals surface area contributed by atoms with E-state index in [9.17, 15) is 4.79 Å². The van der Waals surface area contributed by atoms with Gasteiger partial charge in [0.05, 0.1) is 13.7 Å². The number of carbonyl (C=O) groups excluding carboxylic acids is 1. The van der Waals surface area contributed by atoms with Gasteiger partial charge in [0.25, 0.3) is 5.91 Å². The van der Waals surface area contributed by atoms with Crippen molar-refractivity contribution in [3.8, 4) is 11.5 Å². The summed E-state index contributed by atoms with van der Waals surface area (Å²) in [6, 6.07) is 15.3. The molecule has 1 amide bonds. The average molecular weight is 378 g/mol. The molecule has 0 spiro atoms. The Morgan fingerprint density at radius 1 is 1.18 bits per heavy atom. The van der Waals surface area contributed by atoms with Crippen molar-refractivity contribution in [3.05, 3.63) is 60.3 Å². The minimum Gasteiger partial charge on any atom is -0.497 e. The molecule has 0 bridgehead atoms. The maximum Gasteiger partial charge on any atom is 0.253 e. The first-order valence-corrected chi connectivity index (χ1v) is 9.19. The van der Waals surface area contributed by atoms with Crippen LogP contribution in [0.4, 0.5) is 5.69 Å². The Morgan fingerprint density at radius 3 is 2.79 bits per heavy atom. The molecule has 4 rings (SSSR count). The number of benzene rings is 2. The van der Waals surface area contributed by atoms with Crippen LogP contribution in [-0.4, -0.2) is 43.9 Å². The van der Waals surface area contributed by atoms with Gasteiger partial charge < -0.3 is 19.1 Å². The zero-order chi connectivity index (χ0) is 19.5. The molecule has 1 unspecified atom stereocenters. The van der Waals surface area contributed by atoms with Gasteiger partial charge in [-0.15, -0.1) is 0 Å². The molecule has 1 fully saturated rings. The van der Waals surface area contributed by atoms with E-state index in [-0.39, 0.29) is 18.6 Å². The van der Waals surface area contributed by atoms with Crippen LogP contribution in [0.3, 0.4) is 0 Å². The number of rotatable bonds is 5. The van der Waals surface area contributed by atoms with Gasteiger partial charge in [-0.25, -0.2) is 0 Å². The summed E-state index contributed by atoms with van der Waals surface area (Å²) in [5, 5.41) is 1.07. The first-order chi connectivity index (χ1) is 13.7. The fourth-order valence-corrected chi connectivity index (χ4v) is 3.32. The second kappa shape index (κ2) is 7.86. The van der Waals surface area contributed by atoms with E-state index >= 15 is 0 Å². The van der Waals surface area contributed by atoms with Crippen molar-refractivity contribution in [1.82, 2.24) is 4.98 Å². The molecule has 1 aliphatic rings. The number of carbonyl (C=O) groups is 1. The fourth-order valence-electron chi connectivity index (χ4n) is 3.32. The topological polar surface area (TPSA) is 60.9 Å². The number of nitrogens with zero attached hydrogens (tertiary/aromatic N) is 2. The molecule has 1 aromatic heterocycles. The third-order valence-corrected chi connectivity index (χ3v) is 4.89. The highest BCUT2D eigenvalue weighted by Crippen LogP contribution is 2.27. The second-order valence-electron chi connectivity index (χ2n) is 6.73. The van der Waals surface area contributed by atoms with Crippen LogP contribution in [0.2, 0.25) is 0 Å². The third kappa shape index (κ3) is 3.64. The lowest BCUT2D eigenvalue weighted by atomic mass is 10.1. The van der Waals surface area contributed by atoms with Gasteiger partial charge in [0.1, 0.15) is 36.3 Å². The fraction of sp³-hybridized carbons (Fsp3) is 0.273. The lowest BCUT2D eigenvalue weighted by molar-refractivity contribution is -0.130. The molecule has 6 heteroatoms. The number of hydrogen-bond donors (Lipinski definition) is 0. The Balaban J connectivity index is 1.47. The maximum absolute atomic E-state index is 12.3. The summed E-state index contributed by atoms with van der Waals surface area (Å²) in [7, 11) is 1.62. The Kier molecular flexibility index (Phi) is 5.12. The number of amides is 1.